The number of unbranched alkanes of at least 4 members (excludes halogenated alkanes) is 2. The zero-order valence-corrected chi connectivity index (χ0v) is 14.8. The second-order valence-corrected chi connectivity index (χ2v) is 5.98. The molecule has 9 heteroatoms. The van der Waals surface area contributed by atoms with Crippen LogP contribution in [0.1, 0.15) is 42.1 Å². The first-order valence-corrected chi connectivity index (χ1v) is 8.43. The van der Waals surface area contributed by atoms with E-state index in [1.165, 1.54) is 12.4 Å². The number of anilines is 2. The molecule has 1 amide bonds. The first kappa shape index (κ1) is 20.0. The van der Waals surface area contributed by atoms with Gasteiger partial charge in [0.2, 0.25) is 5.95 Å². The molecule has 0 atom stereocenters. The summed E-state index contributed by atoms with van der Waals surface area (Å²) in [5, 5.41) is 5.47. The molecule has 0 saturated carbocycles. The Morgan fingerprint density at radius 2 is 1.88 bits per heavy atom. The van der Waals surface area contributed by atoms with E-state index in [1.54, 1.807) is 0 Å². The van der Waals surface area contributed by atoms with E-state index in [9.17, 15) is 18.0 Å². The summed E-state index contributed by atoms with van der Waals surface area (Å²) in [7, 11) is 0. The molecule has 0 bridgehead atoms. The molecule has 26 heavy (non-hydrogen) atoms. The Morgan fingerprint density at radius 1 is 1.19 bits per heavy atom. The highest BCUT2D eigenvalue weighted by molar-refractivity contribution is 6.33. The molecule has 1 aromatic carbocycles. The van der Waals surface area contributed by atoms with Crippen LogP contribution in [0.2, 0.25) is 5.02 Å². The lowest BCUT2D eigenvalue weighted by molar-refractivity contribution is -0.137. The molecule has 2 rings (SSSR count). The Morgan fingerprint density at radius 3 is 2.50 bits per heavy atom. The van der Waals surface area contributed by atoms with Crippen molar-refractivity contribution in [2.75, 3.05) is 11.9 Å². The summed E-state index contributed by atoms with van der Waals surface area (Å²) in [5.74, 6) is -0.265. The largest absolute Gasteiger partial charge is 0.416 e. The van der Waals surface area contributed by atoms with E-state index in [0.717, 1.165) is 37.5 Å². The molecule has 0 radical (unpaired) electrons. The molecule has 140 valence electrons. The van der Waals surface area contributed by atoms with Gasteiger partial charge in [-0.2, -0.15) is 13.2 Å². The lowest BCUT2D eigenvalue weighted by atomic mass is 10.2. The molecule has 1 heterocycles. The number of halogens is 4. The molecule has 0 unspecified atom stereocenters. The molecular weight excluding hydrogens is 369 g/mol. The van der Waals surface area contributed by atoms with Gasteiger partial charge in [0.05, 0.1) is 21.8 Å². The van der Waals surface area contributed by atoms with Crippen LogP contribution >= 0.6 is 11.6 Å². The lowest BCUT2D eigenvalue weighted by Gasteiger charge is -2.11. The predicted molar refractivity (Wildman–Crippen MR) is 93.6 cm³/mol. The Bertz CT molecular complexity index is 751. The fourth-order valence-electron chi connectivity index (χ4n) is 2.11. The maximum atomic E-state index is 12.8. The number of nitrogens with one attached hydrogen (secondary N) is 2. The van der Waals surface area contributed by atoms with E-state index in [0.29, 0.717) is 6.54 Å². The van der Waals surface area contributed by atoms with Crippen molar-refractivity contribution in [3.63, 3.8) is 0 Å². The Labute approximate surface area is 154 Å². The number of aromatic nitrogens is 2. The summed E-state index contributed by atoms with van der Waals surface area (Å²) in [6, 6.07) is 2.91. The topological polar surface area (TPSA) is 66.9 Å². The van der Waals surface area contributed by atoms with Gasteiger partial charge < -0.3 is 10.6 Å². The number of hydrogen-bond donors (Lipinski definition) is 2. The molecule has 0 fully saturated rings. The highest BCUT2D eigenvalue weighted by Gasteiger charge is 2.31. The van der Waals surface area contributed by atoms with Crippen molar-refractivity contribution < 1.29 is 18.0 Å². The number of carbonyl (C=O) groups is 1. The minimum Gasteiger partial charge on any atom is -0.352 e. The van der Waals surface area contributed by atoms with Crippen LogP contribution < -0.4 is 10.6 Å². The van der Waals surface area contributed by atoms with Crippen LogP contribution in [0.4, 0.5) is 24.8 Å². The van der Waals surface area contributed by atoms with Gasteiger partial charge in [0, 0.05) is 18.9 Å². The number of alkyl halides is 3. The Hall–Kier alpha value is -2.35. The standard InChI is InChI=1S/C17H18ClF3N4O/c1-2-3-4-7-22-15(26)11-9-23-16(24-10-11)25-14-8-12(17(19,20)21)5-6-13(14)18/h5-6,8-10H,2-4,7H2,1H3,(H,22,26)(H,23,24,25). The number of amides is 1. The predicted octanol–water partition coefficient (Wildman–Crippen LogP) is 4.81. The second kappa shape index (κ2) is 8.84. The molecule has 0 aliphatic heterocycles. The number of carbonyl (C=O) groups excluding carboxylic acids is 1. The van der Waals surface area contributed by atoms with Crippen molar-refractivity contribution in [2.24, 2.45) is 0 Å². The summed E-state index contributed by atoms with van der Waals surface area (Å²) in [6.45, 7) is 2.63. The number of hydrogen-bond acceptors (Lipinski definition) is 4. The van der Waals surface area contributed by atoms with Crippen molar-refractivity contribution in [1.82, 2.24) is 15.3 Å². The summed E-state index contributed by atoms with van der Waals surface area (Å²) in [5.41, 5.74) is -0.548. The van der Waals surface area contributed by atoms with E-state index in [1.807, 2.05) is 0 Å². The average molecular weight is 387 g/mol. The average Bonchev–Trinajstić information content (AvgIpc) is 2.60. The van der Waals surface area contributed by atoms with E-state index in [4.69, 9.17) is 11.6 Å². The van der Waals surface area contributed by atoms with Crippen LogP contribution in [0, 0.1) is 0 Å². The van der Waals surface area contributed by atoms with Gasteiger partial charge in [-0.25, -0.2) is 9.97 Å². The minimum atomic E-state index is -4.48. The van der Waals surface area contributed by atoms with Crippen LogP contribution in [0.3, 0.4) is 0 Å². The van der Waals surface area contributed by atoms with Gasteiger partial charge in [0.25, 0.3) is 5.91 Å². The summed E-state index contributed by atoms with van der Waals surface area (Å²) < 4.78 is 38.4. The van der Waals surface area contributed by atoms with Crippen molar-refractivity contribution in [1.29, 1.82) is 0 Å². The quantitative estimate of drug-likeness (QED) is 0.670. The van der Waals surface area contributed by atoms with E-state index < -0.39 is 11.7 Å². The second-order valence-electron chi connectivity index (χ2n) is 5.58. The molecule has 0 aliphatic carbocycles. The number of benzene rings is 1. The zero-order valence-electron chi connectivity index (χ0n) is 14.0. The minimum absolute atomic E-state index is 0.0262. The Balaban J connectivity index is 2.04. The van der Waals surface area contributed by atoms with Crippen molar-refractivity contribution in [3.8, 4) is 0 Å². The molecule has 1 aromatic heterocycles. The van der Waals surface area contributed by atoms with Crippen LogP contribution in [0.25, 0.3) is 0 Å². The van der Waals surface area contributed by atoms with Crippen LogP contribution in [0.5, 0.6) is 0 Å². The molecule has 0 spiro atoms. The lowest BCUT2D eigenvalue weighted by Crippen LogP contribution is -2.24. The van der Waals surface area contributed by atoms with E-state index >= 15 is 0 Å². The third kappa shape index (κ3) is 5.59. The van der Waals surface area contributed by atoms with Gasteiger partial charge in [-0.05, 0) is 24.6 Å². The highest BCUT2D eigenvalue weighted by Crippen LogP contribution is 2.34. The van der Waals surface area contributed by atoms with Gasteiger partial charge in [-0.3, -0.25) is 4.79 Å². The van der Waals surface area contributed by atoms with Crippen LogP contribution in [0.15, 0.2) is 30.6 Å². The fourth-order valence-corrected chi connectivity index (χ4v) is 2.27. The van der Waals surface area contributed by atoms with Crippen molar-refractivity contribution >= 4 is 29.1 Å². The molecule has 2 aromatic rings. The van der Waals surface area contributed by atoms with Gasteiger partial charge in [-0.15, -0.1) is 0 Å². The van der Waals surface area contributed by atoms with Gasteiger partial charge >= 0.3 is 6.18 Å². The number of nitrogens with zero attached hydrogens (tertiary/aromatic N) is 2. The molecule has 0 saturated heterocycles. The first-order valence-electron chi connectivity index (χ1n) is 8.05. The first-order chi connectivity index (χ1) is 12.3. The number of rotatable bonds is 7. The van der Waals surface area contributed by atoms with Crippen LogP contribution in [-0.2, 0) is 6.18 Å². The molecule has 0 aliphatic rings. The fraction of sp³-hybridized carbons (Fsp3) is 0.353. The molecular formula is C17H18ClF3N4O. The third-order valence-corrected chi connectivity index (χ3v) is 3.85. The zero-order chi connectivity index (χ0) is 19.2. The third-order valence-electron chi connectivity index (χ3n) is 3.52. The van der Waals surface area contributed by atoms with Crippen molar-refractivity contribution in [3.05, 3.63) is 46.7 Å². The maximum absolute atomic E-state index is 12.8. The van der Waals surface area contributed by atoms with Crippen LogP contribution in [-0.4, -0.2) is 22.4 Å². The smallest absolute Gasteiger partial charge is 0.352 e. The van der Waals surface area contributed by atoms with E-state index in [2.05, 4.69) is 27.5 Å². The van der Waals surface area contributed by atoms with Gasteiger partial charge in [0.15, 0.2) is 0 Å². The summed E-state index contributed by atoms with van der Waals surface area (Å²) in [6.07, 6.45) is 1.07. The highest BCUT2D eigenvalue weighted by atomic mass is 35.5. The molecule has 5 nitrogen and oxygen atoms in total. The van der Waals surface area contributed by atoms with Crippen molar-refractivity contribution in [2.45, 2.75) is 32.4 Å². The van der Waals surface area contributed by atoms with Gasteiger partial charge in [-0.1, -0.05) is 31.4 Å². The maximum Gasteiger partial charge on any atom is 0.416 e. The monoisotopic (exact) mass is 386 g/mol. The Kier molecular flexibility index (Phi) is 6.79. The normalized spacial score (nSPS) is 11.3. The molecule has 2 N–H and O–H groups in total. The summed E-state index contributed by atoms with van der Waals surface area (Å²) >= 11 is 5.91. The van der Waals surface area contributed by atoms with Gasteiger partial charge in [0.1, 0.15) is 0 Å². The summed E-state index contributed by atoms with van der Waals surface area (Å²) in [4.78, 5) is 19.8. The SMILES string of the molecule is CCCCCNC(=O)c1cnc(Nc2cc(C(F)(F)F)ccc2Cl)nc1. The van der Waals surface area contributed by atoms with E-state index in [-0.39, 0.29) is 28.1 Å².